The fourth-order valence-corrected chi connectivity index (χ4v) is 0.992. The van der Waals surface area contributed by atoms with Gasteiger partial charge in [0.25, 0.3) is 0 Å². The van der Waals surface area contributed by atoms with Gasteiger partial charge in [0.05, 0.1) is 0 Å². The van der Waals surface area contributed by atoms with E-state index in [2.05, 4.69) is 0 Å². The lowest BCUT2D eigenvalue weighted by atomic mass is 10.3. The van der Waals surface area contributed by atoms with Crippen LogP contribution < -0.4 is 9.47 Å². The van der Waals surface area contributed by atoms with E-state index in [1.165, 1.54) is 0 Å². The van der Waals surface area contributed by atoms with Crippen molar-refractivity contribution in [3.63, 3.8) is 0 Å². The molecule has 0 N–H and O–H groups in total. The molecule has 1 aliphatic rings. The minimum Gasteiger partial charge on any atom is -0.486 e. The Hall–Kier alpha value is -1.18. The highest BCUT2D eigenvalue weighted by atomic mass is 16.6. The molecule has 1 aliphatic heterocycles. The van der Waals surface area contributed by atoms with Crippen LogP contribution in [0.5, 0.6) is 11.5 Å². The summed E-state index contributed by atoms with van der Waals surface area (Å²) in [5.74, 6) is 1.71. The van der Waals surface area contributed by atoms with Crippen molar-refractivity contribution in [3.05, 3.63) is 24.3 Å². The highest BCUT2D eigenvalue weighted by Crippen LogP contribution is 2.28. The van der Waals surface area contributed by atoms with E-state index in [1.54, 1.807) is 0 Å². The molecule has 0 amide bonds. The summed E-state index contributed by atoms with van der Waals surface area (Å²) in [6.07, 6.45) is 0. The Balaban J connectivity index is 0.000000379. The fourth-order valence-electron chi connectivity index (χ4n) is 0.992. The molecular formula is C12H20O2. The first-order valence-electron chi connectivity index (χ1n) is 5.31. The van der Waals surface area contributed by atoms with Crippen LogP contribution in [0.2, 0.25) is 0 Å². The van der Waals surface area contributed by atoms with Gasteiger partial charge in [-0.1, -0.05) is 39.8 Å². The van der Waals surface area contributed by atoms with Gasteiger partial charge < -0.3 is 9.47 Å². The lowest BCUT2D eigenvalue weighted by Crippen LogP contribution is -2.14. The van der Waals surface area contributed by atoms with E-state index in [1.807, 2.05) is 52.0 Å². The van der Waals surface area contributed by atoms with Crippen molar-refractivity contribution in [2.75, 3.05) is 13.2 Å². The average Bonchev–Trinajstić information content (AvgIpc) is 2.34. The number of benzene rings is 1. The van der Waals surface area contributed by atoms with Crippen molar-refractivity contribution >= 4 is 0 Å². The third kappa shape index (κ3) is 3.69. The molecule has 2 rings (SSSR count). The zero-order valence-electron chi connectivity index (χ0n) is 9.54. The molecule has 1 aromatic carbocycles. The molecule has 14 heavy (non-hydrogen) atoms. The predicted molar refractivity (Wildman–Crippen MR) is 60.1 cm³/mol. The number of ether oxygens (including phenoxy) is 2. The van der Waals surface area contributed by atoms with Gasteiger partial charge in [-0.15, -0.1) is 0 Å². The number of hydrogen-bond donors (Lipinski definition) is 0. The summed E-state index contributed by atoms with van der Waals surface area (Å²) in [6, 6.07) is 7.70. The number of rotatable bonds is 0. The molecule has 0 aromatic heterocycles. The Labute approximate surface area is 86.9 Å². The zero-order valence-corrected chi connectivity index (χ0v) is 9.54. The minimum atomic E-state index is 0.664. The lowest BCUT2D eigenvalue weighted by Gasteiger charge is -2.17. The largest absolute Gasteiger partial charge is 0.486 e. The molecule has 0 fully saturated rings. The number of fused-ring (bicyclic) bond motifs is 1. The maximum atomic E-state index is 5.30. The predicted octanol–water partition coefficient (Wildman–Crippen LogP) is 3.51. The summed E-state index contributed by atoms with van der Waals surface area (Å²) in [4.78, 5) is 0. The Morgan fingerprint density at radius 2 is 1.14 bits per heavy atom. The zero-order chi connectivity index (χ0) is 10.8. The summed E-state index contributed by atoms with van der Waals surface area (Å²) < 4.78 is 10.6. The molecule has 1 aromatic rings. The van der Waals surface area contributed by atoms with Crippen LogP contribution in [0.25, 0.3) is 0 Å². The number of para-hydroxylation sites is 2. The maximum Gasteiger partial charge on any atom is 0.161 e. The van der Waals surface area contributed by atoms with Crippen molar-refractivity contribution < 1.29 is 9.47 Å². The first kappa shape index (κ1) is 12.8. The van der Waals surface area contributed by atoms with Gasteiger partial charge >= 0.3 is 0 Å². The Morgan fingerprint density at radius 3 is 1.50 bits per heavy atom. The summed E-state index contributed by atoms with van der Waals surface area (Å²) in [5.41, 5.74) is 0. The molecule has 0 bridgehead atoms. The van der Waals surface area contributed by atoms with Crippen LogP contribution in [0.4, 0.5) is 0 Å². The molecule has 80 valence electrons. The summed E-state index contributed by atoms with van der Waals surface area (Å²) in [7, 11) is 0. The molecule has 2 nitrogen and oxygen atoms in total. The molecule has 0 saturated heterocycles. The molecule has 2 heteroatoms. The van der Waals surface area contributed by atoms with Gasteiger partial charge in [0, 0.05) is 0 Å². The SMILES string of the molecule is CC.CC.c1ccc2c(c1)OCCO2. The Kier molecular flexibility index (Phi) is 7.71. The summed E-state index contributed by atoms with van der Waals surface area (Å²) in [5, 5.41) is 0. The van der Waals surface area contributed by atoms with E-state index in [0.717, 1.165) is 11.5 Å². The van der Waals surface area contributed by atoms with E-state index in [4.69, 9.17) is 9.47 Å². The van der Waals surface area contributed by atoms with E-state index in [0.29, 0.717) is 13.2 Å². The molecule has 0 atom stereocenters. The van der Waals surface area contributed by atoms with Gasteiger partial charge in [0.2, 0.25) is 0 Å². The topological polar surface area (TPSA) is 18.5 Å². The van der Waals surface area contributed by atoms with Crippen molar-refractivity contribution in [2.24, 2.45) is 0 Å². The molecule has 0 aliphatic carbocycles. The molecule has 0 radical (unpaired) electrons. The highest BCUT2D eigenvalue weighted by Gasteiger charge is 2.07. The third-order valence-electron chi connectivity index (χ3n) is 1.45. The smallest absolute Gasteiger partial charge is 0.161 e. The highest BCUT2D eigenvalue weighted by molar-refractivity contribution is 5.40. The van der Waals surface area contributed by atoms with Crippen LogP contribution in [0, 0.1) is 0 Å². The summed E-state index contributed by atoms with van der Waals surface area (Å²) >= 11 is 0. The second-order valence-electron chi connectivity index (χ2n) is 2.14. The van der Waals surface area contributed by atoms with Crippen LogP contribution in [-0.2, 0) is 0 Å². The van der Waals surface area contributed by atoms with E-state index in [9.17, 15) is 0 Å². The van der Waals surface area contributed by atoms with Gasteiger partial charge in [0.15, 0.2) is 11.5 Å². The average molecular weight is 196 g/mol. The van der Waals surface area contributed by atoms with Crippen molar-refractivity contribution in [1.29, 1.82) is 0 Å². The molecular weight excluding hydrogens is 176 g/mol. The standard InChI is InChI=1S/C8H8O2.2C2H6/c1-2-4-8-7(3-1)9-5-6-10-8;2*1-2/h1-4H,5-6H2;2*1-2H3. The quantitative estimate of drug-likeness (QED) is 0.632. The van der Waals surface area contributed by atoms with E-state index < -0.39 is 0 Å². The van der Waals surface area contributed by atoms with Gasteiger partial charge in [-0.05, 0) is 12.1 Å². The van der Waals surface area contributed by atoms with Gasteiger partial charge in [-0.3, -0.25) is 0 Å². The molecule has 1 heterocycles. The fraction of sp³-hybridized carbons (Fsp3) is 0.500. The normalized spacial score (nSPS) is 11.4. The van der Waals surface area contributed by atoms with Gasteiger partial charge in [-0.25, -0.2) is 0 Å². The first-order valence-corrected chi connectivity index (χ1v) is 5.31. The second kappa shape index (κ2) is 8.42. The number of hydrogen-bond acceptors (Lipinski definition) is 2. The van der Waals surface area contributed by atoms with Crippen LogP contribution >= 0.6 is 0 Å². The van der Waals surface area contributed by atoms with E-state index in [-0.39, 0.29) is 0 Å². The van der Waals surface area contributed by atoms with Crippen LogP contribution in [0.3, 0.4) is 0 Å². The Morgan fingerprint density at radius 1 is 0.786 bits per heavy atom. The third-order valence-corrected chi connectivity index (χ3v) is 1.45. The lowest BCUT2D eigenvalue weighted by molar-refractivity contribution is 0.171. The van der Waals surface area contributed by atoms with Crippen molar-refractivity contribution in [1.82, 2.24) is 0 Å². The van der Waals surface area contributed by atoms with Crippen LogP contribution in [0.1, 0.15) is 27.7 Å². The van der Waals surface area contributed by atoms with Crippen molar-refractivity contribution in [2.45, 2.75) is 27.7 Å². The molecule has 0 saturated carbocycles. The van der Waals surface area contributed by atoms with E-state index >= 15 is 0 Å². The van der Waals surface area contributed by atoms with Crippen molar-refractivity contribution in [3.8, 4) is 11.5 Å². The van der Waals surface area contributed by atoms with Gasteiger partial charge in [-0.2, -0.15) is 0 Å². The Bertz CT molecular complexity index is 209. The summed E-state index contributed by atoms with van der Waals surface area (Å²) in [6.45, 7) is 9.33. The molecule has 0 spiro atoms. The van der Waals surface area contributed by atoms with Crippen LogP contribution in [0.15, 0.2) is 24.3 Å². The first-order chi connectivity index (χ1) is 6.97. The monoisotopic (exact) mass is 196 g/mol. The second-order valence-corrected chi connectivity index (χ2v) is 2.14. The molecule has 0 unspecified atom stereocenters. The van der Waals surface area contributed by atoms with Crippen LogP contribution in [-0.4, -0.2) is 13.2 Å². The van der Waals surface area contributed by atoms with Gasteiger partial charge in [0.1, 0.15) is 13.2 Å². The minimum absolute atomic E-state index is 0.664. The maximum absolute atomic E-state index is 5.30.